The lowest BCUT2D eigenvalue weighted by Crippen LogP contribution is -2.50. The molecule has 92 valence electrons. The molecule has 4 nitrogen and oxygen atoms in total. The van der Waals surface area contributed by atoms with Crippen LogP contribution in [0.1, 0.15) is 26.2 Å². The number of halogens is 1. The lowest BCUT2D eigenvalue weighted by atomic mass is 9.93. The number of aromatic nitrogens is 1. The summed E-state index contributed by atoms with van der Waals surface area (Å²) in [5, 5.41) is 6.67. The van der Waals surface area contributed by atoms with Crippen LogP contribution < -0.4 is 10.6 Å². The number of nitrogens with one attached hydrogen (secondary N) is 2. The number of carbonyl (C=O) groups is 1. The lowest BCUT2D eigenvalue weighted by molar-refractivity contribution is -0.122. The maximum atomic E-state index is 12.2. The number of hydrogen-bond acceptors (Lipinski definition) is 3. The van der Waals surface area contributed by atoms with Crippen molar-refractivity contribution in [2.24, 2.45) is 0 Å². The van der Waals surface area contributed by atoms with Crippen LogP contribution in [0.15, 0.2) is 18.3 Å². The van der Waals surface area contributed by atoms with Crippen LogP contribution in [0, 0.1) is 0 Å². The van der Waals surface area contributed by atoms with E-state index >= 15 is 0 Å². The fourth-order valence-corrected chi connectivity index (χ4v) is 2.33. The van der Waals surface area contributed by atoms with E-state index in [2.05, 4.69) is 15.6 Å². The van der Waals surface area contributed by atoms with Gasteiger partial charge in [0.2, 0.25) is 5.91 Å². The van der Waals surface area contributed by atoms with Crippen LogP contribution in [0.2, 0.25) is 5.02 Å². The Morgan fingerprint density at radius 3 is 3.12 bits per heavy atom. The van der Waals surface area contributed by atoms with Crippen molar-refractivity contribution in [2.75, 3.05) is 11.9 Å². The number of pyridine rings is 1. The van der Waals surface area contributed by atoms with Crippen molar-refractivity contribution in [3.8, 4) is 0 Å². The van der Waals surface area contributed by atoms with E-state index in [4.69, 9.17) is 11.6 Å². The van der Waals surface area contributed by atoms with Crippen molar-refractivity contribution >= 4 is 23.3 Å². The number of rotatable bonds is 3. The minimum absolute atomic E-state index is 0.0210. The Morgan fingerprint density at radius 1 is 1.71 bits per heavy atom. The molecule has 5 heteroatoms. The number of amides is 1. The van der Waals surface area contributed by atoms with Crippen molar-refractivity contribution < 1.29 is 4.79 Å². The molecule has 1 saturated heterocycles. The minimum Gasteiger partial charge on any atom is -0.309 e. The minimum atomic E-state index is -0.440. The Kier molecular flexibility index (Phi) is 3.64. The molecule has 2 N–H and O–H groups in total. The monoisotopic (exact) mass is 253 g/mol. The maximum absolute atomic E-state index is 12.2. The van der Waals surface area contributed by atoms with Crippen molar-refractivity contribution in [3.63, 3.8) is 0 Å². The highest BCUT2D eigenvalue weighted by molar-refractivity contribution is 6.30. The van der Waals surface area contributed by atoms with Gasteiger partial charge in [0.15, 0.2) is 0 Å². The predicted octanol–water partition coefficient (Wildman–Crippen LogP) is 2.21. The van der Waals surface area contributed by atoms with Crippen LogP contribution in [-0.2, 0) is 4.79 Å². The van der Waals surface area contributed by atoms with Crippen molar-refractivity contribution in [1.29, 1.82) is 0 Å². The highest BCUT2D eigenvalue weighted by Gasteiger charge is 2.39. The van der Waals surface area contributed by atoms with Gasteiger partial charge < -0.3 is 10.6 Å². The van der Waals surface area contributed by atoms with Crippen LogP contribution in [0.5, 0.6) is 0 Å². The van der Waals surface area contributed by atoms with E-state index in [9.17, 15) is 4.79 Å². The van der Waals surface area contributed by atoms with E-state index in [1.165, 1.54) is 0 Å². The first kappa shape index (κ1) is 12.3. The Morgan fingerprint density at radius 2 is 2.53 bits per heavy atom. The topological polar surface area (TPSA) is 54.0 Å². The Hall–Kier alpha value is -1.13. The van der Waals surface area contributed by atoms with E-state index in [0.717, 1.165) is 25.8 Å². The average Bonchev–Trinajstić information content (AvgIpc) is 2.78. The van der Waals surface area contributed by atoms with Gasteiger partial charge in [0.1, 0.15) is 5.82 Å². The molecule has 0 spiro atoms. The summed E-state index contributed by atoms with van der Waals surface area (Å²) < 4.78 is 0. The molecule has 17 heavy (non-hydrogen) atoms. The van der Waals surface area contributed by atoms with E-state index in [0.29, 0.717) is 10.8 Å². The molecule has 1 fully saturated rings. The zero-order chi connectivity index (χ0) is 12.3. The molecule has 0 bridgehead atoms. The summed E-state index contributed by atoms with van der Waals surface area (Å²) in [5.41, 5.74) is -0.440. The lowest BCUT2D eigenvalue weighted by Gasteiger charge is -2.26. The predicted molar refractivity (Wildman–Crippen MR) is 68.1 cm³/mol. The molecule has 1 atom stereocenters. The molecule has 1 aromatic heterocycles. The summed E-state index contributed by atoms with van der Waals surface area (Å²) in [6, 6.07) is 3.33. The van der Waals surface area contributed by atoms with Gasteiger partial charge in [-0.3, -0.25) is 4.79 Å². The molecule has 1 aliphatic heterocycles. The maximum Gasteiger partial charge on any atom is 0.245 e. The van der Waals surface area contributed by atoms with Gasteiger partial charge in [-0.15, -0.1) is 0 Å². The van der Waals surface area contributed by atoms with E-state index in [1.807, 2.05) is 6.92 Å². The van der Waals surface area contributed by atoms with Gasteiger partial charge in [0, 0.05) is 11.2 Å². The molecule has 1 aliphatic rings. The number of hydrogen-bond donors (Lipinski definition) is 2. The molecule has 1 amide bonds. The normalized spacial score (nSPS) is 23.6. The van der Waals surface area contributed by atoms with Gasteiger partial charge in [0.25, 0.3) is 0 Å². The molecule has 0 saturated carbocycles. The highest BCUT2D eigenvalue weighted by Crippen LogP contribution is 2.24. The molecule has 0 aliphatic carbocycles. The third-order valence-corrected chi connectivity index (χ3v) is 3.48. The fraction of sp³-hybridized carbons (Fsp3) is 0.500. The van der Waals surface area contributed by atoms with Crippen LogP contribution in [0.4, 0.5) is 5.82 Å². The first-order valence-electron chi connectivity index (χ1n) is 5.84. The molecular formula is C12H16ClN3O. The Bertz CT molecular complexity index is 416. The van der Waals surface area contributed by atoms with Crippen LogP contribution in [-0.4, -0.2) is 23.0 Å². The first-order chi connectivity index (χ1) is 8.16. The largest absolute Gasteiger partial charge is 0.309 e. The van der Waals surface area contributed by atoms with Crippen LogP contribution in [0.3, 0.4) is 0 Å². The first-order valence-corrected chi connectivity index (χ1v) is 6.22. The van der Waals surface area contributed by atoms with Crippen LogP contribution in [0.25, 0.3) is 0 Å². The van der Waals surface area contributed by atoms with Crippen molar-refractivity contribution in [1.82, 2.24) is 10.3 Å². The summed E-state index contributed by atoms with van der Waals surface area (Å²) in [6.45, 7) is 2.91. The molecular weight excluding hydrogens is 238 g/mol. The van der Waals surface area contributed by atoms with E-state index in [-0.39, 0.29) is 5.91 Å². The SMILES string of the molecule is CCC1(C(=O)Nc2cc(Cl)ccn2)CCCN1. The fourth-order valence-electron chi connectivity index (χ4n) is 2.17. The third-order valence-electron chi connectivity index (χ3n) is 3.25. The second-order valence-electron chi connectivity index (χ2n) is 4.28. The average molecular weight is 254 g/mol. The number of carbonyl (C=O) groups excluding carboxylic acids is 1. The van der Waals surface area contributed by atoms with Gasteiger partial charge in [-0.2, -0.15) is 0 Å². The summed E-state index contributed by atoms with van der Waals surface area (Å²) in [7, 11) is 0. The van der Waals surface area contributed by atoms with Crippen molar-refractivity contribution in [3.05, 3.63) is 23.4 Å². The summed E-state index contributed by atoms with van der Waals surface area (Å²) in [6.07, 6.45) is 4.26. The molecule has 1 aromatic rings. The van der Waals surface area contributed by atoms with Gasteiger partial charge in [-0.25, -0.2) is 4.98 Å². The molecule has 1 unspecified atom stereocenters. The van der Waals surface area contributed by atoms with Gasteiger partial charge in [-0.1, -0.05) is 18.5 Å². The quantitative estimate of drug-likeness (QED) is 0.868. The smallest absolute Gasteiger partial charge is 0.245 e. The molecule has 0 radical (unpaired) electrons. The van der Waals surface area contributed by atoms with Gasteiger partial charge >= 0.3 is 0 Å². The number of nitrogens with zero attached hydrogens (tertiary/aromatic N) is 1. The van der Waals surface area contributed by atoms with E-state index < -0.39 is 5.54 Å². The van der Waals surface area contributed by atoms with Gasteiger partial charge in [0.05, 0.1) is 5.54 Å². The zero-order valence-electron chi connectivity index (χ0n) is 9.79. The second-order valence-corrected chi connectivity index (χ2v) is 4.72. The standard InChI is InChI=1S/C12H16ClN3O/c1-2-12(5-3-6-15-12)11(17)16-10-8-9(13)4-7-14-10/h4,7-8,15H,2-3,5-6H2,1H3,(H,14,16,17). The van der Waals surface area contributed by atoms with Gasteiger partial charge in [-0.05, 0) is 37.9 Å². The highest BCUT2D eigenvalue weighted by atomic mass is 35.5. The summed E-state index contributed by atoms with van der Waals surface area (Å²) >= 11 is 5.85. The molecule has 0 aromatic carbocycles. The van der Waals surface area contributed by atoms with E-state index in [1.54, 1.807) is 18.3 Å². The Labute approximate surface area is 106 Å². The van der Waals surface area contributed by atoms with Crippen molar-refractivity contribution in [2.45, 2.75) is 31.7 Å². The van der Waals surface area contributed by atoms with Crippen LogP contribution >= 0.6 is 11.6 Å². The zero-order valence-corrected chi connectivity index (χ0v) is 10.5. The third kappa shape index (κ3) is 2.58. The summed E-state index contributed by atoms with van der Waals surface area (Å²) in [5.74, 6) is 0.483. The molecule has 2 heterocycles. The number of anilines is 1. The second kappa shape index (κ2) is 5.02. The Balaban J connectivity index is 2.10. The molecule has 2 rings (SSSR count). The summed E-state index contributed by atoms with van der Waals surface area (Å²) in [4.78, 5) is 16.3.